The molecule has 1 aliphatic rings. The van der Waals surface area contributed by atoms with Crippen molar-refractivity contribution in [1.29, 1.82) is 0 Å². The van der Waals surface area contributed by atoms with E-state index >= 15 is 0 Å². The zero-order valence-electron chi connectivity index (χ0n) is 14.6. The van der Waals surface area contributed by atoms with Crippen LogP contribution in [0.2, 0.25) is 0 Å². The summed E-state index contributed by atoms with van der Waals surface area (Å²) in [5.74, 6) is 0.789. The number of amides is 1. The van der Waals surface area contributed by atoms with Crippen LogP contribution in [0.5, 0.6) is 5.75 Å². The maximum absolute atomic E-state index is 12.1. The third kappa shape index (κ3) is 2.73. The number of carbonyl (C=O) groups excluding carboxylic acids is 2. The van der Waals surface area contributed by atoms with Crippen molar-refractivity contribution in [1.82, 2.24) is 9.55 Å². The molecule has 0 bridgehead atoms. The number of carbonyl (C=O) groups is 2. The van der Waals surface area contributed by atoms with Crippen LogP contribution in [-0.4, -0.2) is 28.9 Å². The Bertz CT molecular complexity index is 1010. The average Bonchev–Trinajstić information content (AvgIpc) is 3.39. The van der Waals surface area contributed by atoms with Gasteiger partial charge in [-0.15, -0.1) is 0 Å². The number of benzene rings is 1. The number of fused-ring (bicyclic) bond motifs is 1. The van der Waals surface area contributed by atoms with Crippen LogP contribution in [0.25, 0.3) is 22.2 Å². The number of aryl methyl sites for hydroxylation is 1. The lowest BCUT2D eigenvalue weighted by Gasteiger charge is -2.09. The number of nitrogens with one attached hydrogen (secondary N) is 1. The Morgan fingerprint density at radius 2 is 2.15 bits per heavy atom. The van der Waals surface area contributed by atoms with Crippen molar-refractivity contribution in [2.45, 2.75) is 6.42 Å². The molecule has 1 N–H and O–H groups in total. The van der Waals surface area contributed by atoms with Gasteiger partial charge in [-0.1, -0.05) is 12.1 Å². The topological polar surface area (TPSA) is 73.2 Å². The molecule has 132 valence electrons. The maximum Gasteiger partial charge on any atom is 0.229 e. The van der Waals surface area contributed by atoms with Gasteiger partial charge in [0.2, 0.25) is 5.91 Å². The van der Waals surface area contributed by atoms with Gasteiger partial charge in [-0.25, -0.2) is 4.98 Å². The molecule has 0 radical (unpaired) electrons. The van der Waals surface area contributed by atoms with E-state index in [-0.39, 0.29) is 17.7 Å². The maximum atomic E-state index is 12.1. The summed E-state index contributed by atoms with van der Waals surface area (Å²) < 4.78 is 7.52. The molecule has 0 aliphatic heterocycles. The molecule has 2 heterocycles. The van der Waals surface area contributed by atoms with E-state index in [4.69, 9.17) is 4.74 Å². The summed E-state index contributed by atoms with van der Waals surface area (Å²) in [5, 5.41) is 3.78. The number of anilines is 1. The van der Waals surface area contributed by atoms with Crippen molar-refractivity contribution in [2.24, 2.45) is 18.9 Å². The van der Waals surface area contributed by atoms with Crippen molar-refractivity contribution < 1.29 is 14.3 Å². The van der Waals surface area contributed by atoms with Gasteiger partial charge < -0.3 is 19.4 Å². The molecule has 0 spiro atoms. The molecule has 6 heteroatoms. The lowest BCUT2D eigenvalue weighted by atomic mass is 10.1. The Labute approximate surface area is 150 Å². The lowest BCUT2D eigenvalue weighted by molar-refractivity contribution is -0.119. The Morgan fingerprint density at radius 1 is 1.35 bits per heavy atom. The van der Waals surface area contributed by atoms with E-state index < -0.39 is 0 Å². The second-order valence-corrected chi connectivity index (χ2v) is 6.55. The number of ether oxygens (including phenoxy) is 1. The Hall–Kier alpha value is -3.15. The van der Waals surface area contributed by atoms with Crippen molar-refractivity contribution in [3.8, 4) is 17.0 Å². The number of hydrogen-bond donors (Lipinski definition) is 1. The molecule has 2 aromatic heterocycles. The SMILES string of the molecule is COc1ccccc1-c1cc2cc(NC(=O)C3CC3C=O)ncc2n1C. The van der Waals surface area contributed by atoms with Crippen LogP contribution in [-0.2, 0) is 16.6 Å². The fourth-order valence-electron chi connectivity index (χ4n) is 3.30. The first-order chi connectivity index (χ1) is 12.6. The van der Waals surface area contributed by atoms with Crippen LogP contribution in [0.1, 0.15) is 6.42 Å². The normalized spacial score (nSPS) is 18.5. The van der Waals surface area contributed by atoms with Gasteiger partial charge in [0.15, 0.2) is 0 Å². The molecular weight excluding hydrogens is 330 g/mol. The molecule has 2 atom stereocenters. The molecule has 3 aromatic rings. The van der Waals surface area contributed by atoms with E-state index in [0.29, 0.717) is 12.2 Å². The Balaban J connectivity index is 1.67. The number of pyridine rings is 1. The predicted molar refractivity (Wildman–Crippen MR) is 99.0 cm³/mol. The van der Waals surface area contributed by atoms with Crippen LogP contribution in [0.15, 0.2) is 42.6 Å². The number of nitrogens with zero attached hydrogens (tertiary/aromatic N) is 2. The summed E-state index contributed by atoms with van der Waals surface area (Å²) in [6.07, 6.45) is 3.21. The lowest BCUT2D eigenvalue weighted by Crippen LogP contribution is -2.15. The molecule has 4 rings (SSSR count). The van der Waals surface area contributed by atoms with E-state index in [2.05, 4.69) is 20.9 Å². The second-order valence-electron chi connectivity index (χ2n) is 6.55. The van der Waals surface area contributed by atoms with E-state index in [1.165, 1.54) is 0 Å². The van der Waals surface area contributed by atoms with Crippen LogP contribution in [0.3, 0.4) is 0 Å². The van der Waals surface area contributed by atoms with Crippen LogP contribution < -0.4 is 10.1 Å². The summed E-state index contributed by atoms with van der Waals surface area (Å²) in [5.41, 5.74) is 2.96. The highest BCUT2D eigenvalue weighted by Crippen LogP contribution is 2.38. The van der Waals surface area contributed by atoms with E-state index in [1.54, 1.807) is 13.3 Å². The molecular formula is C20H19N3O3. The van der Waals surface area contributed by atoms with Gasteiger partial charge in [-0.3, -0.25) is 4.79 Å². The van der Waals surface area contributed by atoms with E-state index in [0.717, 1.165) is 34.2 Å². The van der Waals surface area contributed by atoms with Gasteiger partial charge >= 0.3 is 0 Å². The first-order valence-electron chi connectivity index (χ1n) is 8.47. The highest BCUT2D eigenvalue weighted by atomic mass is 16.5. The molecule has 1 aliphatic carbocycles. The van der Waals surface area contributed by atoms with Gasteiger partial charge in [0, 0.05) is 29.8 Å². The Kier molecular flexibility index (Phi) is 3.95. The quantitative estimate of drug-likeness (QED) is 0.719. The number of aldehydes is 1. The first kappa shape index (κ1) is 16.3. The Morgan fingerprint density at radius 3 is 2.88 bits per heavy atom. The van der Waals surface area contributed by atoms with Gasteiger partial charge in [0.1, 0.15) is 17.9 Å². The minimum absolute atomic E-state index is 0.144. The molecule has 6 nitrogen and oxygen atoms in total. The number of rotatable bonds is 5. The summed E-state index contributed by atoms with van der Waals surface area (Å²) >= 11 is 0. The third-order valence-corrected chi connectivity index (χ3v) is 4.91. The molecule has 0 saturated heterocycles. The van der Waals surface area contributed by atoms with Crippen molar-refractivity contribution in [2.75, 3.05) is 12.4 Å². The number of aromatic nitrogens is 2. The van der Waals surface area contributed by atoms with Crippen molar-refractivity contribution in [3.63, 3.8) is 0 Å². The van der Waals surface area contributed by atoms with Gasteiger partial charge in [0.05, 0.1) is 24.5 Å². The molecule has 26 heavy (non-hydrogen) atoms. The summed E-state index contributed by atoms with van der Waals surface area (Å²) in [7, 11) is 3.63. The number of methoxy groups -OCH3 is 1. The summed E-state index contributed by atoms with van der Waals surface area (Å²) in [4.78, 5) is 27.2. The van der Waals surface area contributed by atoms with E-state index in [9.17, 15) is 9.59 Å². The fourth-order valence-corrected chi connectivity index (χ4v) is 3.30. The van der Waals surface area contributed by atoms with Crippen LogP contribution in [0.4, 0.5) is 5.82 Å². The highest BCUT2D eigenvalue weighted by Gasteiger charge is 2.42. The van der Waals surface area contributed by atoms with Crippen LogP contribution in [0, 0.1) is 11.8 Å². The summed E-state index contributed by atoms with van der Waals surface area (Å²) in [6, 6.07) is 11.7. The minimum atomic E-state index is -0.218. The van der Waals surface area contributed by atoms with Gasteiger partial charge in [-0.2, -0.15) is 0 Å². The smallest absolute Gasteiger partial charge is 0.229 e. The molecule has 1 aromatic carbocycles. The predicted octanol–water partition coefficient (Wildman–Crippen LogP) is 3.02. The standard InChI is InChI=1S/C20H19N3O3/c1-23-16(14-5-3-4-6-18(14)26-2)8-12-9-19(21-10-17(12)23)22-20(25)15-7-13(15)11-24/h3-6,8-11,13,15H,7H2,1-2H3,(H,21,22,25). The molecule has 1 amide bonds. The third-order valence-electron chi connectivity index (χ3n) is 4.91. The fraction of sp³-hybridized carbons (Fsp3) is 0.250. The van der Waals surface area contributed by atoms with Gasteiger partial charge in [-0.05, 0) is 30.7 Å². The number of para-hydroxylation sites is 1. The number of hydrogen-bond acceptors (Lipinski definition) is 4. The first-order valence-corrected chi connectivity index (χ1v) is 8.47. The molecule has 2 unspecified atom stereocenters. The molecule has 1 fully saturated rings. The van der Waals surface area contributed by atoms with Gasteiger partial charge in [0.25, 0.3) is 0 Å². The zero-order chi connectivity index (χ0) is 18.3. The largest absolute Gasteiger partial charge is 0.496 e. The van der Waals surface area contributed by atoms with E-state index in [1.807, 2.05) is 37.4 Å². The second kappa shape index (κ2) is 6.29. The molecule has 1 saturated carbocycles. The average molecular weight is 349 g/mol. The zero-order valence-corrected chi connectivity index (χ0v) is 14.6. The van der Waals surface area contributed by atoms with Crippen molar-refractivity contribution in [3.05, 3.63) is 42.6 Å². The highest BCUT2D eigenvalue weighted by molar-refractivity contribution is 5.98. The minimum Gasteiger partial charge on any atom is -0.496 e. The van der Waals surface area contributed by atoms with Crippen LogP contribution >= 0.6 is 0 Å². The summed E-state index contributed by atoms with van der Waals surface area (Å²) in [6.45, 7) is 0. The van der Waals surface area contributed by atoms with Crippen molar-refractivity contribution >= 4 is 28.9 Å². The monoisotopic (exact) mass is 349 g/mol.